The Bertz CT molecular complexity index is 1360. The van der Waals surface area contributed by atoms with Gasteiger partial charge in [0.15, 0.2) is 5.11 Å². The van der Waals surface area contributed by atoms with Crippen LogP contribution < -0.4 is 10.6 Å². The summed E-state index contributed by atoms with van der Waals surface area (Å²) in [6, 6.07) is 23.3. The van der Waals surface area contributed by atoms with E-state index in [1.807, 2.05) is 59.6 Å². The summed E-state index contributed by atoms with van der Waals surface area (Å²) in [5, 5.41) is 6.82. The van der Waals surface area contributed by atoms with Crippen LogP contribution >= 0.6 is 28.1 Å². The van der Waals surface area contributed by atoms with Crippen LogP contribution in [0.15, 0.2) is 95.7 Å². The SMILES string of the molecule is O=C(CCN1C(=S)NC(c2ccccn2)C1c1cccn1-c1ccc(Br)cc1)Nc1ccc(F)cc1. The fourth-order valence-electron chi connectivity index (χ4n) is 4.42. The average molecular weight is 564 g/mol. The van der Waals surface area contributed by atoms with Crippen LogP contribution in [0.5, 0.6) is 0 Å². The third-order valence-electron chi connectivity index (χ3n) is 6.09. The van der Waals surface area contributed by atoms with Gasteiger partial charge in [0, 0.05) is 46.9 Å². The molecule has 6 nitrogen and oxygen atoms in total. The molecule has 0 radical (unpaired) electrons. The molecule has 1 amide bonds. The summed E-state index contributed by atoms with van der Waals surface area (Å²) in [6.45, 7) is 0.401. The van der Waals surface area contributed by atoms with Crippen molar-refractivity contribution in [1.82, 2.24) is 19.8 Å². The van der Waals surface area contributed by atoms with Gasteiger partial charge in [0.05, 0.1) is 17.8 Å². The van der Waals surface area contributed by atoms with Gasteiger partial charge in [-0.05, 0) is 85.0 Å². The Kier molecular flexibility index (Phi) is 7.11. The van der Waals surface area contributed by atoms with Crippen molar-refractivity contribution in [2.24, 2.45) is 0 Å². The molecule has 9 heteroatoms. The zero-order valence-electron chi connectivity index (χ0n) is 19.1. The summed E-state index contributed by atoms with van der Waals surface area (Å²) in [5.74, 6) is -0.522. The minimum atomic E-state index is -0.348. The number of thiocarbonyl (C=S) groups is 1. The van der Waals surface area contributed by atoms with Gasteiger partial charge in [-0.3, -0.25) is 9.78 Å². The lowest BCUT2D eigenvalue weighted by Crippen LogP contribution is -2.33. The summed E-state index contributed by atoms with van der Waals surface area (Å²) in [5.41, 5.74) is 3.46. The molecular formula is C27H23BrFN5OS. The molecule has 3 heterocycles. The first-order valence-corrected chi connectivity index (χ1v) is 12.7. The number of carbonyl (C=O) groups is 1. The first-order chi connectivity index (χ1) is 17.5. The van der Waals surface area contributed by atoms with Crippen molar-refractivity contribution in [2.75, 3.05) is 11.9 Å². The van der Waals surface area contributed by atoms with Gasteiger partial charge >= 0.3 is 0 Å². The van der Waals surface area contributed by atoms with E-state index in [0.717, 1.165) is 21.5 Å². The zero-order chi connectivity index (χ0) is 25.1. The quantitative estimate of drug-likeness (QED) is 0.279. The number of benzene rings is 2. The van der Waals surface area contributed by atoms with Gasteiger partial charge in [0.2, 0.25) is 5.91 Å². The summed E-state index contributed by atoms with van der Waals surface area (Å²) in [6.07, 6.45) is 4.00. The Labute approximate surface area is 222 Å². The van der Waals surface area contributed by atoms with Gasteiger partial charge in [0.1, 0.15) is 5.82 Å². The van der Waals surface area contributed by atoms with Gasteiger partial charge in [0.25, 0.3) is 0 Å². The van der Waals surface area contributed by atoms with E-state index in [4.69, 9.17) is 12.2 Å². The van der Waals surface area contributed by atoms with Crippen LogP contribution in [0.25, 0.3) is 5.69 Å². The molecular weight excluding hydrogens is 541 g/mol. The Hall–Kier alpha value is -3.56. The van der Waals surface area contributed by atoms with E-state index >= 15 is 0 Å². The Balaban J connectivity index is 1.43. The maximum Gasteiger partial charge on any atom is 0.226 e. The molecule has 2 unspecified atom stereocenters. The average Bonchev–Trinajstić information content (AvgIpc) is 3.49. The van der Waals surface area contributed by atoms with E-state index in [1.54, 1.807) is 18.3 Å². The van der Waals surface area contributed by atoms with Crippen LogP contribution in [-0.4, -0.2) is 32.0 Å². The normalized spacial score (nSPS) is 17.2. The molecule has 1 fully saturated rings. The zero-order valence-corrected chi connectivity index (χ0v) is 21.5. The van der Waals surface area contributed by atoms with Crippen LogP contribution in [0.2, 0.25) is 0 Å². The Morgan fingerprint density at radius 1 is 1.06 bits per heavy atom. The highest BCUT2D eigenvalue weighted by atomic mass is 79.9. The fourth-order valence-corrected chi connectivity index (χ4v) is 5.01. The smallest absolute Gasteiger partial charge is 0.226 e. The predicted octanol–water partition coefficient (Wildman–Crippen LogP) is 5.78. The van der Waals surface area contributed by atoms with Crippen LogP contribution in [0, 0.1) is 5.82 Å². The molecule has 1 aliphatic rings. The number of aromatic nitrogens is 2. The number of hydrogen-bond acceptors (Lipinski definition) is 3. The minimum absolute atomic E-state index is 0.173. The van der Waals surface area contributed by atoms with Crippen molar-refractivity contribution in [1.29, 1.82) is 0 Å². The van der Waals surface area contributed by atoms with Crippen molar-refractivity contribution in [3.05, 3.63) is 113 Å². The van der Waals surface area contributed by atoms with E-state index in [0.29, 0.717) is 17.3 Å². The highest BCUT2D eigenvalue weighted by molar-refractivity contribution is 9.10. The number of pyridine rings is 1. The Morgan fingerprint density at radius 3 is 2.56 bits per heavy atom. The van der Waals surface area contributed by atoms with E-state index in [1.165, 1.54) is 12.1 Å². The van der Waals surface area contributed by atoms with E-state index in [2.05, 4.69) is 42.2 Å². The maximum absolute atomic E-state index is 13.2. The van der Waals surface area contributed by atoms with Gasteiger partial charge in [-0.15, -0.1) is 0 Å². The summed E-state index contributed by atoms with van der Waals surface area (Å²) in [4.78, 5) is 19.3. The highest BCUT2D eigenvalue weighted by Gasteiger charge is 2.41. The van der Waals surface area contributed by atoms with Gasteiger partial charge in [-0.2, -0.15) is 0 Å². The molecule has 182 valence electrons. The molecule has 4 aromatic rings. The van der Waals surface area contributed by atoms with Gasteiger partial charge in [-0.25, -0.2) is 4.39 Å². The van der Waals surface area contributed by atoms with Gasteiger partial charge < -0.3 is 20.1 Å². The number of hydrogen-bond donors (Lipinski definition) is 2. The van der Waals surface area contributed by atoms with Crippen molar-refractivity contribution in [3.63, 3.8) is 0 Å². The number of carbonyl (C=O) groups excluding carboxylic acids is 1. The van der Waals surface area contributed by atoms with Crippen molar-refractivity contribution in [2.45, 2.75) is 18.5 Å². The first kappa shape index (κ1) is 24.1. The first-order valence-electron chi connectivity index (χ1n) is 11.5. The number of halogens is 2. The molecule has 36 heavy (non-hydrogen) atoms. The van der Waals surface area contributed by atoms with E-state index < -0.39 is 0 Å². The number of nitrogens with one attached hydrogen (secondary N) is 2. The number of anilines is 1. The van der Waals surface area contributed by atoms with Crippen LogP contribution in [-0.2, 0) is 4.79 Å². The van der Waals surface area contributed by atoms with Crippen LogP contribution in [0.3, 0.4) is 0 Å². The number of rotatable bonds is 7. The van der Waals surface area contributed by atoms with Crippen molar-refractivity contribution >= 4 is 44.9 Å². The second-order valence-electron chi connectivity index (χ2n) is 8.40. The molecule has 0 spiro atoms. The Morgan fingerprint density at radius 2 is 1.83 bits per heavy atom. The van der Waals surface area contributed by atoms with Crippen LogP contribution in [0.1, 0.15) is 29.9 Å². The van der Waals surface area contributed by atoms with Crippen LogP contribution in [0.4, 0.5) is 10.1 Å². The second-order valence-corrected chi connectivity index (χ2v) is 9.71. The molecule has 2 aromatic heterocycles. The molecule has 2 N–H and O–H groups in total. The molecule has 2 aromatic carbocycles. The fraction of sp³-hybridized carbons (Fsp3) is 0.148. The molecule has 2 atom stereocenters. The molecule has 0 saturated carbocycles. The lowest BCUT2D eigenvalue weighted by atomic mass is 10.0. The largest absolute Gasteiger partial charge is 0.352 e. The predicted molar refractivity (Wildman–Crippen MR) is 145 cm³/mol. The third kappa shape index (κ3) is 5.17. The summed E-state index contributed by atoms with van der Waals surface area (Å²) >= 11 is 9.24. The van der Waals surface area contributed by atoms with Crippen molar-refractivity contribution in [3.8, 4) is 5.69 Å². The maximum atomic E-state index is 13.2. The van der Waals surface area contributed by atoms with Crippen molar-refractivity contribution < 1.29 is 9.18 Å². The monoisotopic (exact) mass is 563 g/mol. The van der Waals surface area contributed by atoms with E-state index in [9.17, 15) is 9.18 Å². The van der Waals surface area contributed by atoms with E-state index in [-0.39, 0.29) is 30.2 Å². The lowest BCUT2D eigenvalue weighted by Gasteiger charge is -2.29. The van der Waals surface area contributed by atoms with Gasteiger partial charge in [-0.1, -0.05) is 22.0 Å². The third-order valence-corrected chi connectivity index (χ3v) is 6.97. The highest BCUT2D eigenvalue weighted by Crippen LogP contribution is 2.39. The summed E-state index contributed by atoms with van der Waals surface area (Å²) < 4.78 is 16.3. The second kappa shape index (κ2) is 10.6. The molecule has 0 aliphatic carbocycles. The number of nitrogens with zero attached hydrogens (tertiary/aromatic N) is 3. The lowest BCUT2D eigenvalue weighted by molar-refractivity contribution is -0.116. The summed E-state index contributed by atoms with van der Waals surface area (Å²) in [7, 11) is 0. The molecule has 5 rings (SSSR count). The molecule has 1 aliphatic heterocycles. The topological polar surface area (TPSA) is 62.2 Å². The standard InChI is InChI=1S/C27H23BrFN5OS/c28-18-6-12-21(13-7-18)33-16-3-5-23(33)26-25(22-4-1-2-15-30-22)32-27(36)34(26)17-14-24(35)31-20-10-8-19(29)9-11-20/h1-13,15-16,25-26H,14,17H2,(H,31,35)(H,32,36). The minimum Gasteiger partial charge on any atom is -0.352 e. The molecule has 1 saturated heterocycles. The molecule has 0 bridgehead atoms. The number of amides is 1.